The first-order chi connectivity index (χ1) is 10.5. The second-order valence-corrected chi connectivity index (χ2v) is 6.26. The van der Waals surface area contributed by atoms with Gasteiger partial charge in [0.25, 0.3) is 5.91 Å². The third kappa shape index (κ3) is 4.34. The number of ether oxygens (including phenoxy) is 1. The summed E-state index contributed by atoms with van der Waals surface area (Å²) in [6.07, 6.45) is 0. The minimum absolute atomic E-state index is 0.0951. The van der Waals surface area contributed by atoms with Gasteiger partial charge in [-0.25, -0.2) is 0 Å². The van der Waals surface area contributed by atoms with Gasteiger partial charge in [0, 0.05) is 10.0 Å². The van der Waals surface area contributed by atoms with E-state index in [1.54, 1.807) is 12.1 Å². The van der Waals surface area contributed by atoms with Crippen LogP contribution in [0, 0.1) is 20.8 Å². The number of carbonyl (C=O) groups excluding carboxylic acids is 1. The predicted molar refractivity (Wildman–Crippen MR) is 92.6 cm³/mol. The highest BCUT2D eigenvalue weighted by Crippen LogP contribution is 2.24. The number of aryl methyl sites for hydroxylation is 3. The second kappa shape index (κ2) is 7.45. The summed E-state index contributed by atoms with van der Waals surface area (Å²) in [5.41, 5.74) is 4.11. The molecule has 0 bridgehead atoms. The van der Waals surface area contributed by atoms with Gasteiger partial charge >= 0.3 is 0 Å². The number of amides is 1. The van der Waals surface area contributed by atoms with Gasteiger partial charge in [0.1, 0.15) is 12.4 Å². The summed E-state index contributed by atoms with van der Waals surface area (Å²) >= 11 is 3.36. The van der Waals surface area contributed by atoms with Crippen LogP contribution < -0.4 is 10.1 Å². The SMILES string of the molecule is Cc1cc(C)c(OCCNC(=O)c2cccc(Br)c2)c(C)c1. The van der Waals surface area contributed by atoms with Crippen molar-refractivity contribution in [3.05, 3.63) is 63.1 Å². The van der Waals surface area contributed by atoms with Gasteiger partial charge in [-0.1, -0.05) is 39.7 Å². The van der Waals surface area contributed by atoms with Crippen LogP contribution in [0.4, 0.5) is 0 Å². The maximum Gasteiger partial charge on any atom is 0.251 e. The number of carbonyl (C=O) groups is 1. The number of hydrogen-bond acceptors (Lipinski definition) is 2. The average Bonchev–Trinajstić information content (AvgIpc) is 2.45. The molecular formula is C18H20BrNO2. The molecule has 0 saturated carbocycles. The molecule has 0 aliphatic rings. The van der Waals surface area contributed by atoms with Crippen LogP contribution in [-0.4, -0.2) is 19.1 Å². The van der Waals surface area contributed by atoms with Gasteiger partial charge in [0.2, 0.25) is 0 Å². The van der Waals surface area contributed by atoms with Crippen molar-refractivity contribution in [2.75, 3.05) is 13.2 Å². The quantitative estimate of drug-likeness (QED) is 0.811. The van der Waals surface area contributed by atoms with Crippen molar-refractivity contribution in [3.8, 4) is 5.75 Å². The van der Waals surface area contributed by atoms with E-state index in [4.69, 9.17) is 4.74 Å². The van der Waals surface area contributed by atoms with Gasteiger partial charge in [-0.2, -0.15) is 0 Å². The molecule has 0 saturated heterocycles. The highest BCUT2D eigenvalue weighted by atomic mass is 79.9. The Kier molecular flexibility index (Phi) is 5.61. The smallest absolute Gasteiger partial charge is 0.251 e. The molecule has 0 spiro atoms. The topological polar surface area (TPSA) is 38.3 Å². The third-order valence-corrected chi connectivity index (χ3v) is 3.82. The van der Waals surface area contributed by atoms with Crippen LogP contribution in [-0.2, 0) is 0 Å². The van der Waals surface area contributed by atoms with Gasteiger partial charge in [-0.05, 0) is 50.1 Å². The van der Waals surface area contributed by atoms with E-state index in [1.165, 1.54) is 5.56 Å². The maximum absolute atomic E-state index is 12.0. The second-order valence-electron chi connectivity index (χ2n) is 5.34. The Balaban J connectivity index is 1.86. The van der Waals surface area contributed by atoms with Gasteiger partial charge in [-0.3, -0.25) is 4.79 Å². The Morgan fingerprint density at radius 2 is 1.82 bits per heavy atom. The minimum atomic E-state index is -0.0951. The molecule has 116 valence electrons. The summed E-state index contributed by atoms with van der Waals surface area (Å²) in [5, 5.41) is 2.86. The summed E-state index contributed by atoms with van der Waals surface area (Å²) < 4.78 is 6.70. The van der Waals surface area contributed by atoms with Crippen molar-refractivity contribution in [3.63, 3.8) is 0 Å². The molecule has 2 aromatic rings. The number of rotatable bonds is 5. The lowest BCUT2D eigenvalue weighted by molar-refractivity contribution is 0.0947. The van der Waals surface area contributed by atoms with Gasteiger partial charge in [-0.15, -0.1) is 0 Å². The van der Waals surface area contributed by atoms with E-state index in [1.807, 2.05) is 26.0 Å². The largest absolute Gasteiger partial charge is 0.491 e. The number of hydrogen-bond donors (Lipinski definition) is 1. The Morgan fingerprint density at radius 1 is 1.14 bits per heavy atom. The van der Waals surface area contributed by atoms with Crippen molar-refractivity contribution in [2.45, 2.75) is 20.8 Å². The third-order valence-electron chi connectivity index (χ3n) is 3.33. The first-order valence-corrected chi connectivity index (χ1v) is 8.01. The lowest BCUT2D eigenvalue weighted by Crippen LogP contribution is -2.28. The van der Waals surface area contributed by atoms with E-state index in [9.17, 15) is 4.79 Å². The molecule has 0 unspecified atom stereocenters. The predicted octanol–water partition coefficient (Wildman–Crippen LogP) is 4.18. The average molecular weight is 362 g/mol. The number of halogens is 1. The zero-order valence-corrected chi connectivity index (χ0v) is 14.7. The van der Waals surface area contributed by atoms with E-state index in [-0.39, 0.29) is 5.91 Å². The molecule has 1 N–H and O–H groups in total. The van der Waals surface area contributed by atoms with E-state index < -0.39 is 0 Å². The molecule has 0 aromatic heterocycles. The van der Waals surface area contributed by atoms with Crippen LogP contribution in [0.15, 0.2) is 40.9 Å². The Bertz CT molecular complexity index is 660. The molecular weight excluding hydrogens is 342 g/mol. The molecule has 2 aromatic carbocycles. The van der Waals surface area contributed by atoms with E-state index in [2.05, 4.69) is 40.3 Å². The molecule has 0 radical (unpaired) electrons. The van der Waals surface area contributed by atoms with E-state index in [0.717, 1.165) is 21.3 Å². The summed E-state index contributed by atoms with van der Waals surface area (Å²) in [6, 6.07) is 11.5. The van der Waals surface area contributed by atoms with Crippen LogP contribution in [0.3, 0.4) is 0 Å². The molecule has 0 fully saturated rings. The van der Waals surface area contributed by atoms with Crippen molar-refractivity contribution in [2.24, 2.45) is 0 Å². The van der Waals surface area contributed by atoms with Crippen LogP contribution in [0.25, 0.3) is 0 Å². The monoisotopic (exact) mass is 361 g/mol. The highest BCUT2D eigenvalue weighted by Gasteiger charge is 2.07. The molecule has 4 heteroatoms. The minimum Gasteiger partial charge on any atom is -0.491 e. The fourth-order valence-corrected chi connectivity index (χ4v) is 2.84. The zero-order valence-electron chi connectivity index (χ0n) is 13.1. The van der Waals surface area contributed by atoms with Crippen LogP contribution in [0.2, 0.25) is 0 Å². The molecule has 22 heavy (non-hydrogen) atoms. The first kappa shape index (κ1) is 16.6. The summed E-state index contributed by atoms with van der Waals surface area (Å²) in [4.78, 5) is 12.0. The van der Waals surface area contributed by atoms with Gasteiger partial charge in [0.15, 0.2) is 0 Å². The van der Waals surface area contributed by atoms with Crippen molar-refractivity contribution >= 4 is 21.8 Å². The van der Waals surface area contributed by atoms with Crippen LogP contribution >= 0.6 is 15.9 Å². The molecule has 0 heterocycles. The molecule has 0 aliphatic carbocycles. The molecule has 3 nitrogen and oxygen atoms in total. The fourth-order valence-electron chi connectivity index (χ4n) is 2.44. The Labute approximate surface area is 139 Å². The summed E-state index contributed by atoms with van der Waals surface area (Å²) in [7, 11) is 0. The van der Waals surface area contributed by atoms with Crippen LogP contribution in [0.1, 0.15) is 27.0 Å². The lowest BCUT2D eigenvalue weighted by atomic mass is 10.1. The molecule has 0 atom stereocenters. The summed E-state index contributed by atoms with van der Waals surface area (Å²) in [5.74, 6) is 0.810. The molecule has 0 aliphatic heterocycles. The fraction of sp³-hybridized carbons (Fsp3) is 0.278. The van der Waals surface area contributed by atoms with Crippen molar-refractivity contribution in [1.82, 2.24) is 5.32 Å². The maximum atomic E-state index is 12.0. The van der Waals surface area contributed by atoms with Crippen LogP contribution in [0.5, 0.6) is 5.75 Å². The summed E-state index contributed by atoms with van der Waals surface area (Å²) in [6.45, 7) is 7.06. The zero-order chi connectivity index (χ0) is 16.1. The molecule has 1 amide bonds. The highest BCUT2D eigenvalue weighted by molar-refractivity contribution is 9.10. The van der Waals surface area contributed by atoms with E-state index >= 15 is 0 Å². The van der Waals surface area contributed by atoms with E-state index in [0.29, 0.717) is 18.7 Å². The first-order valence-electron chi connectivity index (χ1n) is 7.22. The van der Waals surface area contributed by atoms with Gasteiger partial charge in [0.05, 0.1) is 6.54 Å². The van der Waals surface area contributed by atoms with Gasteiger partial charge < -0.3 is 10.1 Å². The van der Waals surface area contributed by atoms with Crippen molar-refractivity contribution < 1.29 is 9.53 Å². The Morgan fingerprint density at radius 3 is 2.45 bits per heavy atom. The normalized spacial score (nSPS) is 10.4. The lowest BCUT2D eigenvalue weighted by Gasteiger charge is -2.13. The molecule has 2 rings (SSSR count). The Hall–Kier alpha value is -1.81. The number of benzene rings is 2. The number of nitrogens with one attached hydrogen (secondary N) is 1. The standard InChI is InChI=1S/C18H20BrNO2/c1-12-9-13(2)17(14(3)10-12)22-8-7-20-18(21)15-5-4-6-16(19)11-15/h4-6,9-11H,7-8H2,1-3H3,(H,20,21). The van der Waals surface area contributed by atoms with Crippen molar-refractivity contribution in [1.29, 1.82) is 0 Å².